The monoisotopic (exact) mass is 570 g/mol. The number of rotatable bonds is 6. The van der Waals surface area contributed by atoms with Crippen LogP contribution >= 0.6 is 0 Å². The lowest BCUT2D eigenvalue weighted by atomic mass is 9.83. The zero-order chi connectivity index (χ0) is 30.0. The molecule has 1 heterocycles. The van der Waals surface area contributed by atoms with Crippen LogP contribution in [0.4, 0.5) is 21.5 Å². The summed E-state index contributed by atoms with van der Waals surface area (Å²) in [5, 5.41) is 6.70. The lowest BCUT2D eigenvalue weighted by Gasteiger charge is -2.41. The number of hydrogen-bond acceptors (Lipinski definition) is 4. The fraction of sp³-hybridized carbons (Fsp3) is 0.429. The van der Waals surface area contributed by atoms with E-state index in [4.69, 9.17) is 5.73 Å². The third-order valence-corrected chi connectivity index (χ3v) is 8.82. The Kier molecular flexibility index (Phi) is 8.58. The smallest absolute Gasteiger partial charge is 0.257 e. The highest BCUT2D eigenvalue weighted by Gasteiger charge is 2.40. The van der Waals surface area contributed by atoms with Crippen LogP contribution in [-0.4, -0.2) is 29.3 Å². The second-order valence-corrected chi connectivity index (χ2v) is 12.9. The normalized spacial score (nSPS) is 19.5. The number of carbonyl (C=O) groups excluding carboxylic acids is 2. The van der Waals surface area contributed by atoms with Gasteiger partial charge in [0.2, 0.25) is 5.91 Å². The molecule has 0 aromatic heterocycles. The van der Waals surface area contributed by atoms with Crippen molar-refractivity contribution in [1.82, 2.24) is 4.90 Å². The Hall–Kier alpha value is -3.87. The molecule has 3 aromatic rings. The number of nitrogens with one attached hydrogen (secondary N) is 2. The van der Waals surface area contributed by atoms with Crippen molar-refractivity contribution in [2.45, 2.75) is 83.7 Å². The van der Waals surface area contributed by atoms with Gasteiger partial charge in [-0.2, -0.15) is 0 Å². The van der Waals surface area contributed by atoms with Crippen LogP contribution in [0, 0.1) is 18.7 Å². The molecule has 0 unspecified atom stereocenters. The first-order valence-corrected chi connectivity index (χ1v) is 15.2. The summed E-state index contributed by atoms with van der Waals surface area (Å²) in [6, 6.07) is 18.4. The topological polar surface area (TPSA) is 87.5 Å². The number of nitrogen functional groups attached to an aromatic ring is 1. The maximum absolute atomic E-state index is 15.0. The van der Waals surface area contributed by atoms with Gasteiger partial charge in [-0.1, -0.05) is 63.9 Å². The van der Waals surface area contributed by atoms with Crippen LogP contribution in [0.2, 0.25) is 0 Å². The molecule has 5 rings (SSSR count). The van der Waals surface area contributed by atoms with Gasteiger partial charge in [0, 0.05) is 18.3 Å². The number of halogens is 1. The number of nitrogens with zero attached hydrogens (tertiary/aromatic N) is 1. The van der Waals surface area contributed by atoms with Crippen LogP contribution in [0.5, 0.6) is 0 Å². The fourth-order valence-corrected chi connectivity index (χ4v) is 6.40. The van der Waals surface area contributed by atoms with Gasteiger partial charge in [0.25, 0.3) is 5.91 Å². The second-order valence-electron chi connectivity index (χ2n) is 12.9. The minimum atomic E-state index is -0.558. The van der Waals surface area contributed by atoms with Crippen molar-refractivity contribution in [3.05, 3.63) is 88.7 Å². The van der Waals surface area contributed by atoms with E-state index >= 15 is 4.39 Å². The Morgan fingerprint density at radius 3 is 2.33 bits per heavy atom. The van der Waals surface area contributed by atoms with E-state index in [1.54, 1.807) is 24.0 Å². The molecule has 1 aliphatic heterocycles. The van der Waals surface area contributed by atoms with Crippen LogP contribution in [0.15, 0.2) is 60.7 Å². The average Bonchev–Trinajstić information content (AvgIpc) is 3.46. The first kappa shape index (κ1) is 29.6. The first-order valence-electron chi connectivity index (χ1n) is 15.2. The molecule has 222 valence electrons. The van der Waals surface area contributed by atoms with E-state index in [0.29, 0.717) is 42.4 Å². The van der Waals surface area contributed by atoms with E-state index in [1.165, 1.54) is 18.9 Å². The lowest BCUT2D eigenvalue weighted by Crippen LogP contribution is -2.46. The molecule has 2 atom stereocenters. The molecule has 2 fully saturated rings. The predicted octanol–water partition coefficient (Wildman–Crippen LogP) is 7.60. The minimum absolute atomic E-state index is 0.0604. The quantitative estimate of drug-likeness (QED) is 0.266. The summed E-state index contributed by atoms with van der Waals surface area (Å²) >= 11 is 0. The summed E-state index contributed by atoms with van der Waals surface area (Å²) in [6.45, 7) is 8.51. The lowest BCUT2D eigenvalue weighted by molar-refractivity contribution is -0.123. The van der Waals surface area contributed by atoms with E-state index in [0.717, 1.165) is 29.7 Å². The van der Waals surface area contributed by atoms with Crippen LogP contribution in [0.25, 0.3) is 0 Å². The number of likely N-dealkylation sites (tertiary alicyclic amines) is 1. The number of amides is 2. The van der Waals surface area contributed by atoms with Crippen molar-refractivity contribution in [2.75, 3.05) is 22.9 Å². The summed E-state index contributed by atoms with van der Waals surface area (Å²) in [5.41, 5.74) is 10.8. The van der Waals surface area contributed by atoms with Crippen LogP contribution in [0.3, 0.4) is 0 Å². The van der Waals surface area contributed by atoms with Crippen LogP contribution < -0.4 is 16.4 Å². The summed E-state index contributed by atoms with van der Waals surface area (Å²) in [6.07, 6.45) is 6.03. The van der Waals surface area contributed by atoms with Gasteiger partial charge in [0.1, 0.15) is 5.82 Å². The highest BCUT2D eigenvalue weighted by molar-refractivity contribution is 5.99. The number of benzene rings is 3. The van der Waals surface area contributed by atoms with E-state index < -0.39 is 23.7 Å². The van der Waals surface area contributed by atoms with Gasteiger partial charge in [0.05, 0.1) is 28.9 Å². The third kappa shape index (κ3) is 6.30. The Labute approximate surface area is 248 Å². The van der Waals surface area contributed by atoms with Crippen molar-refractivity contribution >= 4 is 28.9 Å². The highest BCUT2D eigenvalue weighted by atomic mass is 19.1. The first-order chi connectivity index (χ1) is 20.0. The summed E-state index contributed by atoms with van der Waals surface area (Å²) in [5.74, 6) is -1.68. The van der Waals surface area contributed by atoms with E-state index in [9.17, 15) is 9.59 Å². The van der Waals surface area contributed by atoms with Gasteiger partial charge < -0.3 is 21.3 Å². The van der Waals surface area contributed by atoms with E-state index in [-0.39, 0.29) is 16.9 Å². The van der Waals surface area contributed by atoms with Gasteiger partial charge in [-0.25, -0.2) is 4.39 Å². The van der Waals surface area contributed by atoms with Crippen molar-refractivity contribution in [3.63, 3.8) is 0 Å². The standard InChI is InChI=1S/C35H43FN4O2/c1-22-9-7-13-28(36)31(22)34(42)40-20-8-12-27(33(41)39-30-21-24(35(2,3)4)16-19-29(30)37)32(40)23-14-17-26(18-15-23)38-25-10-5-6-11-25/h7,9,13-19,21,25,27,32,38H,5-6,8,10-12,20,37H2,1-4H3,(H,39,41)/t27-,32-/m0/s1. The number of aryl methyl sites for hydroxylation is 1. The molecule has 1 aliphatic carbocycles. The Balaban J connectivity index is 1.49. The zero-order valence-electron chi connectivity index (χ0n) is 25.2. The average molecular weight is 571 g/mol. The number of anilines is 3. The minimum Gasteiger partial charge on any atom is -0.397 e. The molecule has 2 aliphatic rings. The molecule has 0 radical (unpaired) electrons. The molecule has 42 heavy (non-hydrogen) atoms. The molecule has 1 saturated carbocycles. The van der Waals surface area contributed by atoms with Crippen molar-refractivity contribution in [1.29, 1.82) is 0 Å². The summed E-state index contributed by atoms with van der Waals surface area (Å²) < 4.78 is 15.0. The molecule has 3 aromatic carbocycles. The third-order valence-electron chi connectivity index (χ3n) is 8.82. The summed E-state index contributed by atoms with van der Waals surface area (Å²) in [4.78, 5) is 29.7. The maximum Gasteiger partial charge on any atom is 0.257 e. The van der Waals surface area contributed by atoms with Gasteiger partial charge >= 0.3 is 0 Å². The van der Waals surface area contributed by atoms with Crippen molar-refractivity contribution in [2.24, 2.45) is 5.92 Å². The Morgan fingerprint density at radius 2 is 1.67 bits per heavy atom. The molecular weight excluding hydrogens is 527 g/mol. The molecule has 7 heteroatoms. The van der Waals surface area contributed by atoms with Crippen LogP contribution in [0.1, 0.15) is 92.4 Å². The molecule has 0 bridgehead atoms. The second kappa shape index (κ2) is 12.2. The summed E-state index contributed by atoms with van der Waals surface area (Å²) in [7, 11) is 0. The van der Waals surface area contributed by atoms with E-state index in [1.807, 2.05) is 42.5 Å². The molecule has 2 amide bonds. The Bertz CT molecular complexity index is 1420. The van der Waals surface area contributed by atoms with Gasteiger partial charge in [0.15, 0.2) is 0 Å². The molecule has 6 nitrogen and oxygen atoms in total. The van der Waals surface area contributed by atoms with Gasteiger partial charge in [-0.3, -0.25) is 9.59 Å². The SMILES string of the molecule is Cc1cccc(F)c1C(=O)N1CCC[C@H](C(=O)Nc2cc(C(C)(C)C)ccc2N)[C@@H]1c1ccc(NC2CCCC2)cc1. The number of piperidine rings is 1. The maximum atomic E-state index is 15.0. The fourth-order valence-electron chi connectivity index (χ4n) is 6.40. The molecule has 0 spiro atoms. The number of hydrogen-bond donors (Lipinski definition) is 3. The van der Waals surface area contributed by atoms with Crippen molar-refractivity contribution < 1.29 is 14.0 Å². The zero-order valence-corrected chi connectivity index (χ0v) is 25.2. The molecule has 4 N–H and O–H groups in total. The van der Waals surface area contributed by atoms with Crippen LogP contribution in [-0.2, 0) is 10.2 Å². The van der Waals surface area contributed by atoms with Crippen molar-refractivity contribution in [3.8, 4) is 0 Å². The predicted molar refractivity (Wildman–Crippen MR) is 168 cm³/mol. The Morgan fingerprint density at radius 1 is 0.952 bits per heavy atom. The van der Waals surface area contributed by atoms with E-state index in [2.05, 4.69) is 31.4 Å². The largest absolute Gasteiger partial charge is 0.397 e. The molecular formula is C35H43FN4O2. The number of carbonyl (C=O) groups is 2. The highest BCUT2D eigenvalue weighted by Crippen LogP contribution is 2.40. The molecule has 1 saturated heterocycles. The van der Waals surface area contributed by atoms with Gasteiger partial charge in [-0.15, -0.1) is 0 Å². The van der Waals surface area contributed by atoms with Gasteiger partial charge in [-0.05, 0) is 85.0 Å². The number of nitrogens with two attached hydrogens (primary N) is 1.